The number of likely N-dealkylation sites (tertiary alicyclic amines) is 1. The van der Waals surface area contributed by atoms with Gasteiger partial charge in [-0.25, -0.2) is 0 Å². The largest absolute Gasteiger partial charge is 0.459 e. The highest BCUT2D eigenvalue weighted by Crippen LogP contribution is 2.25. The molecule has 142 valence electrons. The molecule has 1 aromatic carbocycles. The Balaban J connectivity index is 1.52. The van der Waals surface area contributed by atoms with E-state index in [1.54, 1.807) is 7.11 Å². The summed E-state index contributed by atoms with van der Waals surface area (Å²) in [5, 5.41) is 4.62. The standard InChI is InChI=1S/C20H29N3O3/c1-15-17-6-4-5-7-18(17)26-19(15)12-22-20(21-2)23-9-8-16(13-23)14-25-11-10-24-3/h4-7,16H,8-14H2,1-3H3,(H,21,22). The predicted molar refractivity (Wildman–Crippen MR) is 104 cm³/mol. The number of guanidine groups is 1. The zero-order valence-corrected chi connectivity index (χ0v) is 16.0. The van der Waals surface area contributed by atoms with Crippen molar-refractivity contribution in [3.05, 3.63) is 35.6 Å². The zero-order valence-electron chi connectivity index (χ0n) is 16.0. The van der Waals surface area contributed by atoms with Gasteiger partial charge >= 0.3 is 0 Å². The van der Waals surface area contributed by atoms with Gasteiger partial charge in [0.1, 0.15) is 11.3 Å². The molecule has 1 aromatic heterocycles. The first-order chi connectivity index (χ1) is 12.7. The van der Waals surface area contributed by atoms with Crippen molar-refractivity contribution in [3.63, 3.8) is 0 Å². The van der Waals surface area contributed by atoms with Crippen LogP contribution in [-0.4, -0.2) is 57.9 Å². The summed E-state index contributed by atoms with van der Waals surface area (Å²) in [6, 6.07) is 8.15. The van der Waals surface area contributed by atoms with E-state index in [0.717, 1.165) is 43.4 Å². The van der Waals surface area contributed by atoms with Gasteiger partial charge in [-0.2, -0.15) is 0 Å². The molecule has 0 saturated carbocycles. The van der Waals surface area contributed by atoms with Gasteiger partial charge in [-0.05, 0) is 19.4 Å². The molecule has 2 heterocycles. The van der Waals surface area contributed by atoms with Crippen LogP contribution in [0.3, 0.4) is 0 Å². The Labute approximate surface area is 155 Å². The van der Waals surface area contributed by atoms with E-state index >= 15 is 0 Å². The number of rotatable bonds is 7. The lowest BCUT2D eigenvalue weighted by molar-refractivity contribution is 0.0536. The van der Waals surface area contributed by atoms with Gasteiger partial charge in [-0.15, -0.1) is 0 Å². The number of para-hydroxylation sites is 1. The van der Waals surface area contributed by atoms with Crippen molar-refractivity contribution < 1.29 is 13.9 Å². The number of aliphatic imine (C=N–C) groups is 1. The Hall–Kier alpha value is -2.05. The van der Waals surface area contributed by atoms with Crippen molar-refractivity contribution in [2.75, 3.05) is 47.1 Å². The second kappa shape index (κ2) is 9.05. The first-order valence-corrected chi connectivity index (χ1v) is 9.22. The van der Waals surface area contributed by atoms with Gasteiger partial charge in [0.2, 0.25) is 0 Å². The number of fused-ring (bicyclic) bond motifs is 1. The van der Waals surface area contributed by atoms with E-state index in [0.29, 0.717) is 25.7 Å². The summed E-state index contributed by atoms with van der Waals surface area (Å²) in [6.45, 7) is 6.79. The third kappa shape index (κ3) is 4.37. The van der Waals surface area contributed by atoms with Gasteiger partial charge in [-0.1, -0.05) is 18.2 Å². The van der Waals surface area contributed by atoms with Crippen molar-refractivity contribution in [2.45, 2.75) is 19.9 Å². The summed E-state index contributed by atoms with van der Waals surface area (Å²) < 4.78 is 16.7. The SMILES string of the molecule is CN=C(NCc1oc2ccccc2c1C)N1CCC(COCCOC)C1. The lowest BCUT2D eigenvalue weighted by Gasteiger charge is -2.21. The van der Waals surface area contributed by atoms with Crippen LogP contribution in [0, 0.1) is 12.8 Å². The van der Waals surface area contributed by atoms with E-state index in [2.05, 4.69) is 28.2 Å². The second-order valence-corrected chi connectivity index (χ2v) is 6.72. The van der Waals surface area contributed by atoms with Crippen molar-refractivity contribution in [3.8, 4) is 0 Å². The molecule has 2 aromatic rings. The molecule has 1 unspecified atom stereocenters. The van der Waals surface area contributed by atoms with Crippen LogP contribution in [0.5, 0.6) is 0 Å². The molecule has 1 fully saturated rings. The zero-order chi connectivity index (χ0) is 18.4. The van der Waals surface area contributed by atoms with Crippen molar-refractivity contribution >= 4 is 16.9 Å². The minimum absolute atomic E-state index is 0.540. The molecule has 1 atom stereocenters. The van der Waals surface area contributed by atoms with E-state index < -0.39 is 0 Å². The Morgan fingerprint density at radius 3 is 2.96 bits per heavy atom. The maximum atomic E-state index is 5.99. The molecule has 26 heavy (non-hydrogen) atoms. The van der Waals surface area contributed by atoms with Crippen molar-refractivity contribution in [2.24, 2.45) is 10.9 Å². The average Bonchev–Trinajstić information content (AvgIpc) is 3.25. The highest BCUT2D eigenvalue weighted by atomic mass is 16.5. The van der Waals surface area contributed by atoms with Crippen LogP contribution in [0.1, 0.15) is 17.7 Å². The molecule has 1 saturated heterocycles. The number of methoxy groups -OCH3 is 1. The summed E-state index contributed by atoms with van der Waals surface area (Å²) in [5.41, 5.74) is 2.13. The van der Waals surface area contributed by atoms with Gasteiger partial charge in [0, 0.05) is 44.1 Å². The number of aryl methyl sites for hydroxylation is 1. The number of furan rings is 1. The number of benzene rings is 1. The molecule has 0 bridgehead atoms. The maximum absolute atomic E-state index is 5.99. The van der Waals surface area contributed by atoms with Gasteiger partial charge in [0.05, 0.1) is 26.4 Å². The third-order valence-corrected chi connectivity index (χ3v) is 4.93. The quantitative estimate of drug-likeness (QED) is 0.468. The van der Waals surface area contributed by atoms with Crippen LogP contribution in [0.15, 0.2) is 33.7 Å². The highest BCUT2D eigenvalue weighted by molar-refractivity contribution is 5.83. The maximum Gasteiger partial charge on any atom is 0.194 e. The number of hydrogen-bond acceptors (Lipinski definition) is 4. The normalized spacial score (nSPS) is 18.0. The van der Waals surface area contributed by atoms with Gasteiger partial charge < -0.3 is 24.1 Å². The molecule has 0 radical (unpaired) electrons. The number of ether oxygens (including phenoxy) is 2. The lowest BCUT2D eigenvalue weighted by Crippen LogP contribution is -2.39. The van der Waals surface area contributed by atoms with E-state index in [1.807, 2.05) is 25.2 Å². The summed E-state index contributed by atoms with van der Waals surface area (Å²) in [7, 11) is 3.52. The predicted octanol–water partition coefficient (Wildman–Crippen LogP) is 2.80. The molecule has 6 nitrogen and oxygen atoms in total. The van der Waals surface area contributed by atoms with Crippen LogP contribution >= 0.6 is 0 Å². The molecule has 6 heteroatoms. The average molecular weight is 359 g/mol. The van der Waals surface area contributed by atoms with E-state index in [1.165, 1.54) is 10.9 Å². The minimum Gasteiger partial charge on any atom is -0.459 e. The lowest BCUT2D eigenvalue weighted by atomic mass is 10.1. The summed E-state index contributed by atoms with van der Waals surface area (Å²) in [6.07, 6.45) is 1.12. The molecule has 0 amide bonds. The Morgan fingerprint density at radius 1 is 1.35 bits per heavy atom. The first-order valence-electron chi connectivity index (χ1n) is 9.22. The summed E-state index contributed by atoms with van der Waals surface area (Å²) in [5.74, 6) is 2.42. The second-order valence-electron chi connectivity index (χ2n) is 6.72. The molecular weight excluding hydrogens is 330 g/mol. The summed E-state index contributed by atoms with van der Waals surface area (Å²) >= 11 is 0. The number of nitrogens with one attached hydrogen (secondary N) is 1. The van der Waals surface area contributed by atoms with Gasteiger partial charge in [-0.3, -0.25) is 4.99 Å². The molecule has 1 N–H and O–H groups in total. The fraction of sp³-hybridized carbons (Fsp3) is 0.550. The van der Waals surface area contributed by atoms with Crippen LogP contribution < -0.4 is 5.32 Å². The van der Waals surface area contributed by atoms with Crippen molar-refractivity contribution in [1.29, 1.82) is 0 Å². The monoisotopic (exact) mass is 359 g/mol. The van der Waals surface area contributed by atoms with Gasteiger partial charge in [0.15, 0.2) is 5.96 Å². The first kappa shape index (κ1) is 18.7. The fourth-order valence-corrected chi connectivity index (χ4v) is 3.44. The van der Waals surface area contributed by atoms with Crippen LogP contribution in [-0.2, 0) is 16.0 Å². The number of hydrogen-bond donors (Lipinski definition) is 1. The van der Waals surface area contributed by atoms with E-state index in [-0.39, 0.29) is 0 Å². The van der Waals surface area contributed by atoms with Gasteiger partial charge in [0.25, 0.3) is 0 Å². The van der Waals surface area contributed by atoms with E-state index in [9.17, 15) is 0 Å². The van der Waals surface area contributed by atoms with Crippen LogP contribution in [0.25, 0.3) is 11.0 Å². The van der Waals surface area contributed by atoms with Crippen LogP contribution in [0.2, 0.25) is 0 Å². The highest BCUT2D eigenvalue weighted by Gasteiger charge is 2.25. The molecule has 0 spiro atoms. The fourth-order valence-electron chi connectivity index (χ4n) is 3.44. The molecule has 1 aliphatic rings. The van der Waals surface area contributed by atoms with Crippen LogP contribution in [0.4, 0.5) is 0 Å². The molecule has 0 aliphatic carbocycles. The Kier molecular flexibility index (Phi) is 6.52. The summed E-state index contributed by atoms with van der Waals surface area (Å²) in [4.78, 5) is 6.74. The molecule has 3 rings (SSSR count). The molecular formula is C20H29N3O3. The molecule has 1 aliphatic heterocycles. The smallest absolute Gasteiger partial charge is 0.194 e. The minimum atomic E-state index is 0.540. The topological polar surface area (TPSA) is 59.2 Å². The third-order valence-electron chi connectivity index (χ3n) is 4.93. The Morgan fingerprint density at radius 2 is 2.19 bits per heavy atom. The van der Waals surface area contributed by atoms with E-state index in [4.69, 9.17) is 13.9 Å². The Bertz CT molecular complexity index is 741. The number of nitrogens with zero attached hydrogens (tertiary/aromatic N) is 2. The van der Waals surface area contributed by atoms with Crippen molar-refractivity contribution in [1.82, 2.24) is 10.2 Å².